The van der Waals surface area contributed by atoms with Crippen LogP contribution in [0.2, 0.25) is 0 Å². The fourth-order valence-electron chi connectivity index (χ4n) is 2.86. The maximum absolute atomic E-state index is 12.6. The Kier molecular flexibility index (Phi) is 4.19. The first-order valence-electron chi connectivity index (χ1n) is 8.47. The summed E-state index contributed by atoms with van der Waals surface area (Å²) in [5, 5.41) is 2.98. The Labute approximate surface area is 151 Å². The average molecular weight is 342 g/mol. The van der Waals surface area contributed by atoms with Crippen molar-refractivity contribution in [1.29, 1.82) is 0 Å². The molecule has 4 rings (SSSR count). The molecule has 1 N–H and O–H groups in total. The number of carbonyl (C=O) groups is 1. The normalized spacial score (nSPS) is 12.0. The van der Waals surface area contributed by atoms with E-state index in [1.807, 2.05) is 72.1 Å². The zero-order chi connectivity index (χ0) is 17.9. The SMILES string of the molecule is C[C@H](NC(=O)c1ccc2nc(-c3ccccc3)cn2c1)c1ccccn1. The molecule has 5 nitrogen and oxygen atoms in total. The Morgan fingerprint density at radius 1 is 1.00 bits per heavy atom. The second-order valence-corrected chi connectivity index (χ2v) is 6.13. The van der Waals surface area contributed by atoms with E-state index in [4.69, 9.17) is 0 Å². The van der Waals surface area contributed by atoms with Crippen LogP contribution >= 0.6 is 0 Å². The third-order valence-corrected chi connectivity index (χ3v) is 4.26. The molecular formula is C21H18N4O. The maximum Gasteiger partial charge on any atom is 0.253 e. The van der Waals surface area contributed by atoms with Gasteiger partial charge in [0.1, 0.15) is 5.65 Å². The highest BCUT2D eigenvalue weighted by atomic mass is 16.1. The molecule has 5 heteroatoms. The number of hydrogen-bond acceptors (Lipinski definition) is 3. The molecule has 26 heavy (non-hydrogen) atoms. The molecular weight excluding hydrogens is 324 g/mol. The van der Waals surface area contributed by atoms with Gasteiger partial charge in [-0.25, -0.2) is 4.98 Å². The minimum absolute atomic E-state index is 0.139. The van der Waals surface area contributed by atoms with E-state index in [0.29, 0.717) is 5.56 Å². The molecule has 3 heterocycles. The summed E-state index contributed by atoms with van der Waals surface area (Å²) in [6, 6.07) is 19.1. The number of rotatable bonds is 4. The molecule has 4 aromatic rings. The Balaban J connectivity index is 1.58. The summed E-state index contributed by atoms with van der Waals surface area (Å²) in [6.45, 7) is 1.92. The lowest BCUT2D eigenvalue weighted by Crippen LogP contribution is -2.27. The molecule has 0 aliphatic heterocycles. The van der Waals surface area contributed by atoms with Crippen LogP contribution < -0.4 is 5.32 Å². The monoisotopic (exact) mass is 342 g/mol. The predicted molar refractivity (Wildman–Crippen MR) is 101 cm³/mol. The largest absolute Gasteiger partial charge is 0.344 e. The second-order valence-electron chi connectivity index (χ2n) is 6.13. The standard InChI is InChI=1S/C21H18N4O/c1-15(18-9-5-6-12-22-18)23-21(26)17-10-11-20-24-19(14-25(20)13-17)16-7-3-2-4-8-16/h2-15H,1H3,(H,23,26)/t15-/m0/s1. The van der Waals surface area contributed by atoms with Crippen LogP contribution in [0.15, 0.2) is 79.3 Å². The average Bonchev–Trinajstić information content (AvgIpc) is 3.12. The number of aromatic nitrogens is 3. The summed E-state index contributed by atoms with van der Waals surface area (Å²) in [5.41, 5.74) is 4.14. The van der Waals surface area contributed by atoms with Gasteiger partial charge in [0.15, 0.2) is 0 Å². The van der Waals surface area contributed by atoms with Crippen molar-refractivity contribution in [3.05, 3.63) is 90.5 Å². The molecule has 0 saturated heterocycles. The quantitative estimate of drug-likeness (QED) is 0.612. The van der Waals surface area contributed by atoms with Gasteiger partial charge in [-0.15, -0.1) is 0 Å². The highest BCUT2D eigenvalue weighted by Gasteiger charge is 2.13. The van der Waals surface area contributed by atoms with Crippen LogP contribution in [0.25, 0.3) is 16.9 Å². The number of nitrogens with one attached hydrogen (secondary N) is 1. The van der Waals surface area contributed by atoms with Crippen LogP contribution in [-0.4, -0.2) is 20.3 Å². The number of nitrogens with zero attached hydrogens (tertiary/aromatic N) is 3. The first kappa shape index (κ1) is 16.0. The van der Waals surface area contributed by atoms with E-state index in [1.165, 1.54) is 0 Å². The molecule has 0 bridgehead atoms. The van der Waals surface area contributed by atoms with E-state index in [1.54, 1.807) is 18.5 Å². The molecule has 1 amide bonds. The van der Waals surface area contributed by atoms with E-state index < -0.39 is 0 Å². The van der Waals surface area contributed by atoms with Gasteiger partial charge in [0.25, 0.3) is 5.91 Å². The lowest BCUT2D eigenvalue weighted by molar-refractivity contribution is 0.0938. The molecule has 128 valence electrons. The van der Waals surface area contributed by atoms with E-state index in [-0.39, 0.29) is 11.9 Å². The Hall–Kier alpha value is -3.47. The van der Waals surface area contributed by atoms with Crippen LogP contribution in [0, 0.1) is 0 Å². The molecule has 0 saturated carbocycles. The van der Waals surface area contributed by atoms with Gasteiger partial charge in [-0.05, 0) is 31.2 Å². The molecule has 3 aromatic heterocycles. The smallest absolute Gasteiger partial charge is 0.253 e. The van der Waals surface area contributed by atoms with Crippen LogP contribution in [-0.2, 0) is 0 Å². The fourth-order valence-corrected chi connectivity index (χ4v) is 2.86. The number of amides is 1. The third-order valence-electron chi connectivity index (χ3n) is 4.26. The van der Waals surface area contributed by atoms with Crippen molar-refractivity contribution in [2.75, 3.05) is 0 Å². The molecule has 0 spiro atoms. The van der Waals surface area contributed by atoms with Gasteiger partial charge in [0, 0.05) is 24.2 Å². The molecule has 0 aliphatic carbocycles. The summed E-state index contributed by atoms with van der Waals surface area (Å²) in [5.74, 6) is -0.139. The lowest BCUT2D eigenvalue weighted by Gasteiger charge is -2.13. The van der Waals surface area contributed by atoms with Gasteiger partial charge in [-0.2, -0.15) is 0 Å². The Morgan fingerprint density at radius 2 is 1.81 bits per heavy atom. The van der Waals surface area contributed by atoms with E-state index >= 15 is 0 Å². The fraction of sp³-hybridized carbons (Fsp3) is 0.0952. The minimum atomic E-state index is -0.165. The summed E-state index contributed by atoms with van der Waals surface area (Å²) in [7, 11) is 0. The molecule has 0 aliphatic rings. The first-order valence-corrected chi connectivity index (χ1v) is 8.47. The molecule has 1 atom stereocenters. The highest BCUT2D eigenvalue weighted by Crippen LogP contribution is 2.19. The molecule has 1 aromatic carbocycles. The molecule has 0 fully saturated rings. The zero-order valence-electron chi connectivity index (χ0n) is 14.3. The Bertz CT molecular complexity index is 1040. The van der Waals surface area contributed by atoms with E-state index in [9.17, 15) is 4.79 Å². The van der Waals surface area contributed by atoms with Crippen molar-refractivity contribution in [3.63, 3.8) is 0 Å². The number of hydrogen-bond donors (Lipinski definition) is 1. The maximum atomic E-state index is 12.6. The van der Waals surface area contributed by atoms with Crippen LogP contribution in [0.4, 0.5) is 0 Å². The van der Waals surface area contributed by atoms with E-state index in [0.717, 1.165) is 22.6 Å². The van der Waals surface area contributed by atoms with Gasteiger partial charge >= 0.3 is 0 Å². The van der Waals surface area contributed by atoms with Gasteiger partial charge < -0.3 is 9.72 Å². The van der Waals surface area contributed by atoms with Gasteiger partial charge in [-0.3, -0.25) is 9.78 Å². The summed E-state index contributed by atoms with van der Waals surface area (Å²) in [4.78, 5) is 21.5. The van der Waals surface area contributed by atoms with Crippen LogP contribution in [0.1, 0.15) is 29.0 Å². The van der Waals surface area contributed by atoms with Crippen molar-refractivity contribution in [3.8, 4) is 11.3 Å². The van der Waals surface area contributed by atoms with Gasteiger partial charge in [-0.1, -0.05) is 36.4 Å². The van der Waals surface area contributed by atoms with Crippen molar-refractivity contribution in [2.45, 2.75) is 13.0 Å². The number of imidazole rings is 1. The van der Waals surface area contributed by atoms with Crippen molar-refractivity contribution >= 4 is 11.6 Å². The van der Waals surface area contributed by atoms with Crippen molar-refractivity contribution in [2.24, 2.45) is 0 Å². The van der Waals surface area contributed by atoms with E-state index in [2.05, 4.69) is 15.3 Å². The minimum Gasteiger partial charge on any atom is -0.344 e. The molecule has 0 radical (unpaired) electrons. The third kappa shape index (κ3) is 3.19. The summed E-state index contributed by atoms with van der Waals surface area (Å²) >= 11 is 0. The number of carbonyl (C=O) groups excluding carboxylic acids is 1. The van der Waals surface area contributed by atoms with Crippen LogP contribution in [0.3, 0.4) is 0 Å². The first-order chi connectivity index (χ1) is 12.7. The summed E-state index contributed by atoms with van der Waals surface area (Å²) < 4.78 is 1.88. The van der Waals surface area contributed by atoms with Crippen molar-refractivity contribution in [1.82, 2.24) is 19.7 Å². The summed E-state index contributed by atoms with van der Waals surface area (Å²) in [6.07, 6.45) is 5.46. The number of fused-ring (bicyclic) bond motifs is 1. The van der Waals surface area contributed by atoms with Crippen LogP contribution in [0.5, 0.6) is 0 Å². The van der Waals surface area contributed by atoms with Gasteiger partial charge in [0.2, 0.25) is 0 Å². The number of pyridine rings is 2. The highest BCUT2D eigenvalue weighted by molar-refractivity contribution is 5.94. The Morgan fingerprint density at radius 3 is 2.58 bits per heavy atom. The number of benzene rings is 1. The topological polar surface area (TPSA) is 59.3 Å². The second kappa shape index (κ2) is 6.80. The van der Waals surface area contributed by atoms with Gasteiger partial charge in [0.05, 0.1) is 23.0 Å². The predicted octanol–water partition coefficient (Wildman–Crippen LogP) is 3.89. The van der Waals surface area contributed by atoms with Crippen molar-refractivity contribution < 1.29 is 4.79 Å². The zero-order valence-corrected chi connectivity index (χ0v) is 14.3. The lowest BCUT2D eigenvalue weighted by atomic mass is 10.2. The molecule has 0 unspecified atom stereocenters.